The van der Waals surface area contributed by atoms with Gasteiger partial charge < -0.3 is 16.1 Å². The summed E-state index contributed by atoms with van der Waals surface area (Å²) in [5.41, 5.74) is 11.7. The number of hydrogen-bond donors (Lipinski definition) is 4. The molecule has 46 heavy (non-hydrogen) atoms. The van der Waals surface area contributed by atoms with Gasteiger partial charge in [0.05, 0.1) is 33.5 Å². The molecule has 1 saturated heterocycles. The van der Waals surface area contributed by atoms with Crippen molar-refractivity contribution in [2.45, 2.75) is 96.3 Å². The van der Waals surface area contributed by atoms with Gasteiger partial charge in [0.2, 0.25) is 0 Å². The van der Waals surface area contributed by atoms with Gasteiger partial charge in [0.15, 0.2) is 0 Å². The topological polar surface area (TPSA) is 91.3 Å². The van der Waals surface area contributed by atoms with E-state index in [2.05, 4.69) is 120 Å². The maximum absolute atomic E-state index is 10.1. The Balaban J connectivity index is 1.49. The maximum Gasteiger partial charge on any atom is 0.103 e. The maximum atomic E-state index is 10.1. The monoisotopic (exact) mass is 640 g/mol. The van der Waals surface area contributed by atoms with Crippen LogP contribution >= 0.6 is 11.6 Å². The predicted octanol–water partition coefficient (Wildman–Crippen LogP) is 8.28. The van der Waals surface area contributed by atoms with Gasteiger partial charge in [-0.05, 0) is 70.6 Å². The average Bonchev–Trinajstić information content (AvgIpc) is 3.54. The van der Waals surface area contributed by atoms with Gasteiger partial charge in [-0.3, -0.25) is 14.9 Å². The predicted molar refractivity (Wildman–Crippen MR) is 191 cm³/mol. The van der Waals surface area contributed by atoms with Crippen molar-refractivity contribution in [1.82, 2.24) is 25.9 Å². The smallest absolute Gasteiger partial charge is 0.103 e. The Morgan fingerprint density at radius 2 is 1.91 bits per heavy atom. The minimum atomic E-state index is -0.227. The lowest BCUT2D eigenvalue weighted by Crippen LogP contribution is -2.52. The number of hydrazine groups is 2. The van der Waals surface area contributed by atoms with E-state index in [1.807, 2.05) is 18.2 Å². The van der Waals surface area contributed by atoms with Gasteiger partial charge in [-0.15, -0.1) is 12.1 Å². The van der Waals surface area contributed by atoms with E-state index in [0.717, 1.165) is 79.6 Å². The standard InChI is InChI=1S/C37H49ClN8/c1-7-17-37(9-3,18-8-2)42-33-27(23-39)24-40-35-30(33)21-28(22-31(35)38)41-34(26-13-11-10-12-14-26)32-25-46(44-43-32)29-15-19-45(20-16-29)36(4,5)6/h7,10-14,21-22,24-25,29,34,41,43-44H,1,8-9,15-20H2,2-6H3,(H,40,42)/t34-,37?/m0/s1. The number of halogens is 1. The molecule has 8 nitrogen and oxygen atoms in total. The first-order valence-electron chi connectivity index (χ1n) is 16.6. The van der Waals surface area contributed by atoms with Crippen molar-refractivity contribution in [3.05, 3.63) is 89.4 Å². The third kappa shape index (κ3) is 7.28. The summed E-state index contributed by atoms with van der Waals surface area (Å²) in [7, 11) is 0. The molecular weight excluding hydrogens is 592 g/mol. The molecule has 0 amide bonds. The Morgan fingerprint density at radius 3 is 2.54 bits per heavy atom. The SMILES string of the molecule is C=CCC(CC)(CCC)Nc1c(C#N)cnc2c(Cl)cc(N[C@H](C3=CN(C4CCN(C(C)(C)C)CC4)NN3)c3ccccc3)cc12. The molecule has 0 aliphatic carbocycles. The van der Waals surface area contributed by atoms with E-state index in [0.29, 0.717) is 22.1 Å². The molecule has 2 aliphatic heterocycles. The summed E-state index contributed by atoms with van der Waals surface area (Å²) >= 11 is 6.93. The molecule has 4 N–H and O–H groups in total. The quantitative estimate of drug-likeness (QED) is 0.147. The third-order valence-electron chi connectivity index (χ3n) is 9.54. The van der Waals surface area contributed by atoms with E-state index in [9.17, 15) is 5.26 Å². The molecule has 0 bridgehead atoms. The van der Waals surface area contributed by atoms with Crippen LogP contribution in [0.25, 0.3) is 10.9 Å². The summed E-state index contributed by atoms with van der Waals surface area (Å²) in [4.78, 5) is 7.18. The number of anilines is 2. The molecule has 5 rings (SSSR count). The largest absolute Gasteiger partial charge is 0.378 e. The Labute approximate surface area is 279 Å². The number of benzene rings is 2. The van der Waals surface area contributed by atoms with Crippen molar-refractivity contribution < 1.29 is 0 Å². The van der Waals surface area contributed by atoms with Gasteiger partial charge in [0, 0.05) is 53.7 Å². The van der Waals surface area contributed by atoms with Crippen LogP contribution in [0.2, 0.25) is 5.02 Å². The van der Waals surface area contributed by atoms with Crippen LogP contribution < -0.4 is 21.6 Å². The highest BCUT2D eigenvalue weighted by molar-refractivity contribution is 6.35. The summed E-state index contributed by atoms with van der Waals surface area (Å²) in [6, 6.07) is 17.0. The number of nitrogens with one attached hydrogen (secondary N) is 4. The number of piperidine rings is 1. The van der Waals surface area contributed by atoms with Crippen molar-refractivity contribution in [3.63, 3.8) is 0 Å². The first-order valence-corrected chi connectivity index (χ1v) is 17.0. The normalized spacial score (nSPS) is 17.9. The molecule has 3 heterocycles. The van der Waals surface area contributed by atoms with Gasteiger partial charge in [-0.25, -0.2) is 0 Å². The molecule has 0 saturated carbocycles. The summed E-state index contributed by atoms with van der Waals surface area (Å²) < 4.78 is 0. The lowest BCUT2D eigenvalue weighted by molar-refractivity contribution is 0.0570. The van der Waals surface area contributed by atoms with E-state index in [-0.39, 0.29) is 17.1 Å². The zero-order valence-electron chi connectivity index (χ0n) is 28.0. The number of pyridine rings is 1. The molecule has 9 heteroatoms. The molecule has 0 radical (unpaired) electrons. The van der Waals surface area contributed by atoms with Gasteiger partial charge >= 0.3 is 0 Å². The second-order valence-electron chi connectivity index (χ2n) is 13.6. The van der Waals surface area contributed by atoms with Crippen molar-refractivity contribution in [3.8, 4) is 6.07 Å². The Bertz CT molecular complexity index is 1580. The zero-order valence-corrected chi connectivity index (χ0v) is 28.7. The molecule has 244 valence electrons. The van der Waals surface area contributed by atoms with Crippen LogP contribution in [0.3, 0.4) is 0 Å². The number of nitriles is 1. The molecule has 3 aromatic rings. The number of rotatable bonds is 12. The van der Waals surface area contributed by atoms with Crippen molar-refractivity contribution in [2.24, 2.45) is 0 Å². The van der Waals surface area contributed by atoms with Crippen LogP contribution in [0, 0.1) is 11.3 Å². The van der Waals surface area contributed by atoms with Gasteiger partial charge in [0.25, 0.3) is 0 Å². The number of likely N-dealkylation sites (tertiary alicyclic amines) is 1. The summed E-state index contributed by atoms with van der Waals surface area (Å²) in [6.45, 7) is 17.4. The van der Waals surface area contributed by atoms with Gasteiger partial charge in [-0.1, -0.05) is 68.3 Å². The van der Waals surface area contributed by atoms with Crippen LogP contribution in [0.4, 0.5) is 11.4 Å². The second kappa shape index (κ2) is 14.3. The highest BCUT2D eigenvalue weighted by atomic mass is 35.5. The van der Waals surface area contributed by atoms with Crippen LogP contribution in [0.1, 0.15) is 90.3 Å². The molecule has 1 fully saturated rings. The second-order valence-corrected chi connectivity index (χ2v) is 14.0. The summed E-state index contributed by atoms with van der Waals surface area (Å²) in [5.74, 6) is 0. The van der Waals surface area contributed by atoms with E-state index < -0.39 is 0 Å². The van der Waals surface area contributed by atoms with Crippen molar-refractivity contribution in [1.29, 1.82) is 5.26 Å². The highest BCUT2D eigenvalue weighted by Gasteiger charge is 2.32. The summed E-state index contributed by atoms with van der Waals surface area (Å²) in [6.07, 6.45) is 11.6. The molecule has 1 unspecified atom stereocenters. The minimum Gasteiger partial charge on any atom is -0.378 e. The van der Waals surface area contributed by atoms with Crippen LogP contribution in [0.15, 0.2) is 73.2 Å². The fourth-order valence-electron chi connectivity index (χ4n) is 6.86. The summed E-state index contributed by atoms with van der Waals surface area (Å²) in [5, 5.41) is 21.3. The fraction of sp³-hybridized carbons (Fsp3) is 0.459. The Kier molecular flexibility index (Phi) is 10.5. The van der Waals surface area contributed by atoms with Crippen molar-refractivity contribution >= 4 is 33.9 Å². The van der Waals surface area contributed by atoms with Crippen LogP contribution in [0.5, 0.6) is 0 Å². The molecule has 2 aromatic carbocycles. The van der Waals surface area contributed by atoms with Crippen LogP contribution in [-0.4, -0.2) is 45.1 Å². The number of hydrogen-bond acceptors (Lipinski definition) is 8. The lowest BCUT2D eigenvalue weighted by Gasteiger charge is -2.42. The van der Waals surface area contributed by atoms with Gasteiger partial charge in [-0.2, -0.15) is 5.26 Å². The Morgan fingerprint density at radius 1 is 1.17 bits per heavy atom. The van der Waals surface area contributed by atoms with Crippen LogP contribution in [-0.2, 0) is 0 Å². The first-order chi connectivity index (χ1) is 22.1. The van der Waals surface area contributed by atoms with E-state index in [1.54, 1.807) is 6.20 Å². The fourth-order valence-corrected chi connectivity index (χ4v) is 7.13. The van der Waals surface area contributed by atoms with E-state index in [4.69, 9.17) is 11.6 Å². The minimum absolute atomic E-state index is 0.180. The number of fused-ring (bicyclic) bond motifs is 1. The van der Waals surface area contributed by atoms with Crippen molar-refractivity contribution in [2.75, 3.05) is 23.7 Å². The molecule has 2 atom stereocenters. The Hall–Kier alpha value is -3.77. The molecule has 0 spiro atoms. The zero-order chi connectivity index (χ0) is 32.9. The average molecular weight is 641 g/mol. The van der Waals surface area contributed by atoms with Gasteiger partial charge in [0.1, 0.15) is 6.07 Å². The number of nitrogens with zero attached hydrogens (tertiary/aromatic N) is 4. The first kappa shape index (κ1) is 33.6. The molecular formula is C37H49ClN8. The lowest BCUT2D eigenvalue weighted by atomic mass is 9.86. The third-order valence-corrected chi connectivity index (χ3v) is 9.83. The van der Waals surface area contributed by atoms with E-state index >= 15 is 0 Å². The highest BCUT2D eigenvalue weighted by Crippen LogP contribution is 2.39. The van der Waals surface area contributed by atoms with E-state index in [1.165, 1.54) is 0 Å². The number of aromatic nitrogens is 1. The molecule has 2 aliphatic rings. The molecule has 1 aromatic heterocycles.